The first-order valence-electron chi connectivity index (χ1n) is 6.06. The lowest BCUT2D eigenvalue weighted by molar-refractivity contribution is 0.103. The van der Waals surface area contributed by atoms with Crippen LogP contribution in [0.5, 0.6) is 0 Å². The SMILES string of the molecule is Fc1ccc(NCCCC2CCCO2)cc1Br. The van der Waals surface area contributed by atoms with Crippen LogP contribution in [0.2, 0.25) is 0 Å². The lowest BCUT2D eigenvalue weighted by Crippen LogP contribution is -2.09. The maximum atomic E-state index is 13.0. The standard InChI is InChI=1S/C13H17BrFNO/c14-12-9-10(5-6-13(12)15)16-7-1-3-11-4-2-8-17-11/h5-6,9,11,16H,1-4,7-8H2. The summed E-state index contributed by atoms with van der Waals surface area (Å²) in [7, 11) is 0. The van der Waals surface area contributed by atoms with E-state index in [1.54, 1.807) is 12.1 Å². The zero-order valence-electron chi connectivity index (χ0n) is 9.72. The van der Waals surface area contributed by atoms with E-state index in [0.717, 1.165) is 31.7 Å². The fourth-order valence-electron chi connectivity index (χ4n) is 2.04. The third-order valence-corrected chi connectivity index (χ3v) is 3.58. The number of hydrogen-bond donors (Lipinski definition) is 1. The van der Waals surface area contributed by atoms with E-state index in [4.69, 9.17) is 4.74 Å². The Morgan fingerprint density at radius 3 is 3.06 bits per heavy atom. The molecule has 1 atom stereocenters. The third-order valence-electron chi connectivity index (χ3n) is 2.98. The molecule has 0 bridgehead atoms. The van der Waals surface area contributed by atoms with Gasteiger partial charge in [-0.15, -0.1) is 0 Å². The molecule has 1 fully saturated rings. The maximum absolute atomic E-state index is 13.0. The Balaban J connectivity index is 1.68. The summed E-state index contributed by atoms with van der Waals surface area (Å²) in [4.78, 5) is 0. The molecule has 1 aliphatic rings. The fraction of sp³-hybridized carbons (Fsp3) is 0.538. The molecule has 0 saturated carbocycles. The van der Waals surface area contributed by atoms with E-state index < -0.39 is 0 Å². The molecule has 0 aromatic heterocycles. The molecule has 1 aromatic rings. The molecule has 1 heterocycles. The predicted octanol–water partition coefficient (Wildman–Crippen LogP) is 3.96. The van der Waals surface area contributed by atoms with Gasteiger partial charge in [-0.1, -0.05) is 0 Å². The van der Waals surface area contributed by atoms with Crippen molar-refractivity contribution >= 4 is 21.6 Å². The van der Waals surface area contributed by atoms with Gasteiger partial charge in [0.05, 0.1) is 10.6 Å². The predicted molar refractivity (Wildman–Crippen MR) is 70.8 cm³/mol. The molecule has 1 aromatic carbocycles. The Morgan fingerprint density at radius 2 is 2.35 bits per heavy atom. The summed E-state index contributed by atoms with van der Waals surface area (Å²) in [5.41, 5.74) is 0.950. The van der Waals surface area contributed by atoms with E-state index in [-0.39, 0.29) is 5.82 Å². The first-order chi connectivity index (χ1) is 8.25. The van der Waals surface area contributed by atoms with Crippen molar-refractivity contribution in [2.75, 3.05) is 18.5 Å². The quantitative estimate of drug-likeness (QED) is 0.831. The largest absolute Gasteiger partial charge is 0.385 e. The summed E-state index contributed by atoms with van der Waals surface area (Å²) in [6.07, 6.45) is 5.04. The molecule has 1 N–H and O–H groups in total. The molecule has 0 aliphatic carbocycles. The van der Waals surface area contributed by atoms with Crippen LogP contribution in [0.3, 0.4) is 0 Å². The second-order valence-electron chi connectivity index (χ2n) is 4.33. The maximum Gasteiger partial charge on any atom is 0.137 e. The normalized spacial score (nSPS) is 19.5. The van der Waals surface area contributed by atoms with Crippen molar-refractivity contribution < 1.29 is 9.13 Å². The van der Waals surface area contributed by atoms with Gasteiger partial charge in [0.1, 0.15) is 5.82 Å². The summed E-state index contributed by atoms with van der Waals surface area (Å²) in [5.74, 6) is -0.227. The second kappa shape index (κ2) is 6.36. The fourth-order valence-corrected chi connectivity index (χ4v) is 2.42. The summed E-state index contributed by atoms with van der Waals surface area (Å²) >= 11 is 3.17. The molecule has 0 amide bonds. The Labute approximate surface area is 110 Å². The molecule has 2 rings (SSSR count). The van der Waals surface area contributed by atoms with Crippen molar-refractivity contribution in [3.63, 3.8) is 0 Å². The van der Waals surface area contributed by atoms with Crippen molar-refractivity contribution in [3.05, 3.63) is 28.5 Å². The van der Waals surface area contributed by atoms with Crippen molar-refractivity contribution in [2.45, 2.75) is 31.8 Å². The highest BCUT2D eigenvalue weighted by Gasteiger charge is 2.14. The monoisotopic (exact) mass is 301 g/mol. The van der Waals surface area contributed by atoms with Crippen LogP contribution < -0.4 is 5.32 Å². The molecule has 4 heteroatoms. The van der Waals surface area contributed by atoms with E-state index in [2.05, 4.69) is 21.2 Å². The van der Waals surface area contributed by atoms with Crippen molar-refractivity contribution in [2.24, 2.45) is 0 Å². The Hall–Kier alpha value is -0.610. The van der Waals surface area contributed by atoms with Crippen LogP contribution in [-0.2, 0) is 4.74 Å². The molecule has 17 heavy (non-hydrogen) atoms. The minimum atomic E-state index is -0.227. The van der Waals surface area contributed by atoms with Gasteiger partial charge >= 0.3 is 0 Å². The lowest BCUT2D eigenvalue weighted by Gasteiger charge is -2.10. The Kier molecular flexibility index (Phi) is 4.80. The van der Waals surface area contributed by atoms with Gasteiger partial charge in [0.25, 0.3) is 0 Å². The van der Waals surface area contributed by atoms with Crippen LogP contribution in [0, 0.1) is 5.82 Å². The number of nitrogens with one attached hydrogen (secondary N) is 1. The molecule has 0 radical (unpaired) electrons. The highest BCUT2D eigenvalue weighted by molar-refractivity contribution is 9.10. The number of ether oxygens (including phenoxy) is 1. The van der Waals surface area contributed by atoms with Gasteiger partial charge in [-0.2, -0.15) is 0 Å². The van der Waals surface area contributed by atoms with Gasteiger partial charge in [-0.05, 0) is 59.8 Å². The van der Waals surface area contributed by atoms with Gasteiger partial charge in [0.15, 0.2) is 0 Å². The van der Waals surface area contributed by atoms with Crippen LogP contribution in [0.4, 0.5) is 10.1 Å². The average Bonchev–Trinajstić information content (AvgIpc) is 2.82. The molecule has 94 valence electrons. The average molecular weight is 302 g/mol. The first-order valence-corrected chi connectivity index (χ1v) is 6.85. The summed E-state index contributed by atoms with van der Waals surface area (Å²) in [5, 5.41) is 3.28. The van der Waals surface area contributed by atoms with Gasteiger partial charge in [-0.25, -0.2) is 4.39 Å². The molecule has 1 aliphatic heterocycles. The minimum absolute atomic E-state index is 0.227. The van der Waals surface area contributed by atoms with E-state index in [9.17, 15) is 4.39 Å². The number of benzene rings is 1. The van der Waals surface area contributed by atoms with Crippen LogP contribution in [0.15, 0.2) is 22.7 Å². The van der Waals surface area contributed by atoms with Crippen LogP contribution in [0.25, 0.3) is 0 Å². The van der Waals surface area contributed by atoms with Gasteiger partial charge in [-0.3, -0.25) is 0 Å². The van der Waals surface area contributed by atoms with Crippen molar-refractivity contribution in [1.29, 1.82) is 0 Å². The van der Waals surface area contributed by atoms with Gasteiger partial charge < -0.3 is 10.1 Å². The number of hydrogen-bond acceptors (Lipinski definition) is 2. The molecular formula is C13H17BrFNO. The van der Waals surface area contributed by atoms with Gasteiger partial charge in [0, 0.05) is 18.8 Å². The second-order valence-corrected chi connectivity index (χ2v) is 5.19. The summed E-state index contributed by atoms with van der Waals surface area (Å²) in [6.45, 7) is 1.82. The number of rotatable bonds is 5. The first kappa shape index (κ1) is 12.8. The molecule has 1 unspecified atom stereocenters. The molecular weight excluding hydrogens is 285 g/mol. The Bertz CT molecular complexity index is 366. The van der Waals surface area contributed by atoms with Crippen molar-refractivity contribution in [1.82, 2.24) is 0 Å². The van der Waals surface area contributed by atoms with Crippen LogP contribution in [0.1, 0.15) is 25.7 Å². The van der Waals surface area contributed by atoms with Crippen molar-refractivity contribution in [3.8, 4) is 0 Å². The zero-order chi connectivity index (χ0) is 12.1. The number of halogens is 2. The third kappa shape index (κ3) is 3.96. The van der Waals surface area contributed by atoms with E-state index >= 15 is 0 Å². The molecule has 2 nitrogen and oxygen atoms in total. The molecule has 1 saturated heterocycles. The van der Waals surface area contributed by atoms with Gasteiger partial charge in [0.2, 0.25) is 0 Å². The number of anilines is 1. The molecule has 0 spiro atoms. The van der Waals surface area contributed by atoms with E-state index in [1.165, 1.54) is 18.9 Å². The lowest BCUT2D eigenvalue weighted by atomic mass is 10.1. The summed E-state index contributed by atoms with van der Waals surface area (Å²) < 4.78 is 19.1. The zero-order valence-corrected chi connectivity index (χ0v) is 11.3. The topological polar surface area (TPSA) is 21.3 Å². The minimum Gasteiger partial charge on any atom is -0.385 e. The van der Waals surface area contributed by atoms with E-state index in [0.29, 0.717) is 10.6 Å². The van der Waals surface area contributed by atoms with E-state index in [1.807, 2.05) is 0 Å². The Morgan fingerprint density at radius 1 is 1.47 bits per heavy atom. The smallest absolute Gasteiger partial charge is 0.137 e. The summed E-state index contributed by atoms with van der Waals surface area (Å²) in [6, 6.07) is 4.99. The van der Waals surface area contributed by atoms with Crippen LogP contribution >= 0.6 is 15.9 Å². The van der Waals surface area contributed by atoms with Crippen LogP contribution in [-0.4, -0.2) is 19.3 Å². The highest BCUT2D eigenvalue weighted by atomic mass is 79.9. The highest BCUT2D eigenvalue weighted by Crippen LogP contribution is 2.20.